The van der Waals surface area contributed by atoms with Crippen molar-refractivity contribution in [2.45, 2.75) is 57.0 Å². The van der Waals surface area contributed by atoms with E-state index in [1.54, 1.807) is 4.90 Å². The Bertz CT molecular complexity index is 287. The number of hydrogen-bond donors (Lipinski definition) is 2. The van der Waals surface area contributed by atoms with Gasteiger partial charge in [-0.1, -0.05) is 12.8 Å². The summed E-state index contributed by atoms with van der Waals surface area (Å²) in [6.07, 6.45) is 8.61. The van der Waals surface area contributed by atoms with Crippen LogP contribution in [0.1, 0.15) is 44.9 Å². The average Bonchev–Trinajstić information content (AvgIpc) is 2.93. The summed E-state index contributed by atoms with van der Waals surface area (Å²) in [6, 6.07) is 1.32. The summed E-state index contributed by atoms with van der Waals surface area (Å²) in [4.78, 5) is 13.3. The summed E-state index contributed by atoms with van der Waals surface area (Å²) in [6.45, 7) is 2.01. The SMILES string of the molecule is CN(C)C(=O)CCNC1CCCCC1C1CCCN1. The highest BCUT2D eigenvalue weighted by molar-refractivity contribution is 5.75. The molecule has 3 unspecified atom stereocenters. The van der Waals surface area contributed by atoms with Crippen molar-refractivity contribution in [2.75, 3.05) is 27.2 Å². The third-order valence-electron chi connectivity index (χ3n) is 4.68. The minimum atomic E-state index is 0.221. The third kappa shape index (κ3) is 4.18. The zero-order valence-electron chi connectivity index (χ0n) is 12.5. The second-order valence-electron chi connectivity index (χ2n) is 6.25. The van der Waals surface area contributed by atoms with E-state index in [1.807, 2.05) is 14.1 Å². The minimum Gasteiger partial charge on any atom is -0.349 e. The molecule has 2 fully saturated rings. The highest BCUT2D eigenvalue weighted by Crippen LogP contribution is 2.30. The fraction of sp³-hybridized carbons (Fsp3) is 0.933. The van der Waals surface area contributed by atoms with E-state index in [9.17, 15) is 4.79 Å². The lowest BCUT2D eigenvalue weighted by atomic mass is 9.79. The van der Waals surface area contributed by atoms with Gasteiger partial charge in [0.2, 0.25) is 5.91 Å². The molecule has 110 valence electrons. The molecule has 1 saturated heterocycles. The first-order valence-corrected chi connectivity index (χ1v) is 7.85. The summed E-state index contributed by atoms with van der Waals surface area (Å²) < 4.78 is 0. The molecular formula is C15H29N3O. The van der Waals surface area contributed by atoms with Crippen molar-refractivity contribution in [1.82, 2.24) is 15.5 Å². The van der Waals surface area contributed by atoms with E-state index in [0.717, 1.165) is 12.5 Å². The minimum absolute atomic E-state index is 0.221. The standard InChI is InChI=1S/C15H29N3O/c1-18(2)15(19)9-11-17-13-7-4-3-6-12(13)14-8-5-10-16-14/h12-14,16-17H,3-11H2,1-2H3. The maximum absolute atomic E-state index is 11.6. The van der Waals surface area contributed by atoms with Crippen molar-refractivity contribution >= 4 is 5.91 Å². The Morgan fingerprint density at radius 1 is 1.21 bits per heavy atom. The number of carbonyl (C=O) groups excluding carboxylic acids is 1. The second-order valence-corrected chi connectivity index (χ2v) is 6.25. The molecule has 2 rings (SSSR count). The highest BCUT2D eigenvalue weighted by atomic mass is 16.2. The van der Waals surface area contributed by atoms with Gasteiger partial charge in [0.25, 0.3) is 0 Å². The van der Waals surface area contributed by atoms with Crippen LogP contribution in [0.2, 0.25) is 0 Å². The topological polar surface area (TPSA) is 44.4 Å². The molecule has 0 radical (unpaired) electrons. The molecule has 0 aromatic carbocycles. The zero-order valence-corrected chi connectivity index (χ0v) is 12.5. The molecule has 0 aromatic heterocycles. The van der Waals surface area contributed by atoms with Gasteiger partial charge >= 0.3 is 0 Å². The van der Waals surface area contributed by atoms with Gasteiger partial charge in [-0.3, -0.25) is 4.79 Å². The van der Waals surface area contributed by atoms with Crippen LogP contribution in [0.4, 0.5) is 0 Å². The molecule has 2 aliphatic rings. The van der Waals surface area contributed by atoms with Crippen molar-refractivity contribution in [3.05, 3.63) is 0 Å². The number of nitrogens with zero attached hydrogens (tertiary/aromatic N) is 1. The molecule has 4 nitrogen and oxygen atoms in total. The van der Waals surface area contributed by atoms with Crippen LogP contribution in [0.3, 0.4) is 0 Å². The predicted octanol–water partition coefficient (Wildman–Crippen LogP) is 1.37. The van der Waals surface area contributed by atoms with Gasteiger partial charge in [0.1, 0.15) is 0 Å². The van der Waals surface area contributed by atoms with Gasteiger partial charge in [-0.15, -0.1) is 0 Å². The van der Waals surface area contributed by atoms with E-state index in [-0.39, 0.29) is 5.91 Å². The molecule has 1 aliphatic carbocycles. The first-order valence-electron chi connectivity index (χ1n) is 7.85. The van der Waals surface area contributed by atoms with Crippen molar-refractivity contribution in [1.29, 1.82) is 0 Å². The van der Waals surface area contributed by atoms with Crippen LogP contribution >= 0.6 is 0 Å². The lowest BCUT2D eigenvalue weighted by Gasteiger charge is -2.36. The van der Waals surface area contributed by atoms with Gasteiger partial charge < -0.3 is 15.5 Å². The van der Waals surface area contributed by atoms with Gasteiger partial charge in [-0.2, -0.15) is 0 Å². The molecule has 1 heterocycles. The molecule has 2 N–H and O–H groups in total. The quantitative estimate of drug-likeness (QED) is 0.790. The number of amides is 1. The Kier molecular flexibility index (Phi) is 5.64. The van der Waals surface area contributed by atoms with Gasteiger partial charge in [-0.05, 0) is 38.1 Å². The third-order valence-corrected chi connectivity index (χ3v) is 4.68. The lowest BCUT2D eigenvalue weighted by molar-refractivity contribution is -0.128. The molecule has 19 heavy (non-hydrogen) atoms. The molecule has 0 bridgehead atoms. The van der Waals surface area contributed by atoms with Crippen molar-refractivity contribution < 1.29 is 4.79 Å². The smallest absolute Gasteiger partial charge is 0.223 e. The molecule has 3 atom stereocenters. The maximum atomic E-state index is 11.6. The van der Waals surface area contributed by atoms with E-state index < -0.39 is 0 Å². The summed E-state index contributed by atoms with van der Waals surface area (Å²) in [5.74, 6) is 0.990. The summed E-state index contributed by atoms with van der Waals surface area (Å²) in [5.41, 5.74) is 0. The van der Waals surface area contributed by atoms with Gasteiger partial charge in [0.15, 0.2) is 0 Å². The highest BCUT2D eigenvalue weighted by Gasteiger charge is 2.32. The van der Waals surface area contributed by atoms with E-state index in [0.29, 0.717) is 18.5 Å². The zero-order chi connectivity index (χ0) is 13.7. The van der Waals surface area contributed by atoms with Crippen LogP contribution in [0.25, 0.3) is 0 Å². The fourth-order valence-electron chi connectivity index (χ4n) is 3.56. The Hall–Kier alpha value is -0.610. The van der Waals surface area contributed by atoms with Crippen molar-refractivity contribution in [3.63, 3.8) is 0 Å². The molecule has 0 spiro atoms. The predicted molar refractivity (Wildman–Crippen MR) is 78.1 cm³/mol. The second kappa shape index (κ2) is 7.25. The molecule has 4 heteroatoms. The Labute approximate surface area is 117 Å². The molecule has 1 saturated carbocycles. The molecule has 0 aromatic rings. The normalized spacial score (nSPS) is 31.4. The van der Waals surface area contributed by atoms with Crippen LogP contribution in [0.15, 0.2) is 0 Å². The summed E-state index contributed by atoms with van der Waals surface area (Å²) >= 11 is 0. The van der Waals surface area contributed by atoms with Gasteiger partial charge in [0.05, 0.1) is 0 Å². The van der Waals surface area contributed by atoms with Crippen LogP contribution in [0, 0.1) is 5.92 Å². The maximum Gasteiger partial charge on any atom is 0.223 e. The number of carbonyl (C=O) groups is 1. The lowest BCUT2D eigenvalue weighted by Crippen LogP contribution is -2.47. The van der Waals surface area contributed by atoms with E-state index in [1.165, 1.54) is 45.1 Å². The number of rotatable bonds is 5. The first-order chi connectivity index (χ1) is 9.18. The van der Waals surface area contributed by atoms with Gasteiger partial charge in [0, 0.05) is 39.1 Å². The fourth-order valence-corrected chi connectivity index (χ4v) is 3.56. The molecule has 1 amide bonds. The van der Waals surface area contributed by atoms with Crippen molar-refractivity contribution in [2.24, 2.45) is 5.92 Å². The molecular weight excluding hydrogens is 238 g/mol. The van der Waals surface area contributed by atoms with Crippen LogP contribution in [-0.4, -0.2) is 50.1 Å². The first kappa shape index (κ1) is 14.8. The summed E-state index contributed by atoms with van der Waals surface area (Å²) in [5, 5.41) is 7.31. The van der Waals surface area contributed by atoms with Crippen LogP contribution in [0.5, 0.6) is 0 Å². The van der Waals surface area contributed by atoms with E-state index in [2.05, 4.69) is 10.6 Å². The average molecular weight is 267 g/mol. The Morgan fingerprint density at radius 2 is 2.00 bits per heavy atom. The number of nitrogens with one attached hydrogen (secondary N) is 2. The Balaban J connectivity index is 1.77. The molecule has 1 aliphatic heterocycles. The van der Waals surface area contributed by atoms with Crippen LogP contribution in [-0.2, 0) is 4.79 Å². The Morgan fingerprint density at radius 3 is 2.68 bits per heavy atom. The largest absolute Gasteiger partial charge is 0.349 e. The van der Waals surface area contributed by atoms with E-state index in [4.69, 9.17) is 0 Å². The van der Waals surface area contributed by atoms with E-state index >= 15 is 0 Å². The van der Waals surface area contributed by atoms with Gasteiger partial charge in [-0.25, -0.2) is 0 Å². The van der Waals surface area contributed by atoms with Crippen molar-refractivity contribution in [3.8, 4) is 0 Å². The monoisotopic (exact) mass is 267 g/mol. The summed E-state index contributed by atoms with van der Waals surface area (Å²) in [7, 11) is 3.66. The number of hydrogen-bond acceptors (Lipinski definition) is 3. The van der Waals surface area contributed by atoms with Crippen LogP contribution < -0.4 is 10.6 Å².